The van der Waals surface area contributed by atoms with Gasteiger partial charge >= 0.3 is 0 Å². The molecule has 4 rings (SSSR count). The van der Waals surface area contributed by atoms with E-state index in [1.807, 2.05) is 54.7 Å². The molecule has 0 unspecified atom stereocenters. The molecule has 4 nitrogen and oxygen atoms in total. The van der Waals surface area contributed by atoms with E-state index < -0.39 is 10.0 Å². The van der Waals surface area contributed by atoms with Gasteiger partial charge in [0.15, 0.2) is 0 Å². The van der Waals surface area contributed by atoms with E-state index in [2.05, 4.69) is 4.57 Å². The number of nitrogens with zero attached hydrogens (tertiary/aromatic N) is 2. The Morgan fingerprint density at radius 3 is 2.17 bits per heavy atom. The van der Waals surface area contributed by atoms with E-state index in [-0.39, 0.29) is 6.04 Å². The molecule has 1 atom stereocenters. The van der Waals surface area contributed by atoms with Gasteiger partial charge in [-0.25, -0.2) is 8.42 Å². The summed E-state index contributed by atoms with van der Waals surface area (Å²) in [6.07, 6.45) is 2.01. The maximum atomic E-state index is 13.2. The second kappa shape index (κ2) is 5.92. The van der Waals surface area contributed by atoms with E-state index in [1.54, 1.807) is 28.6 Å². The van der Waals surface area contributed by atoms with Crippen LogP contribution in [0.3, 0.4) is 0 Å². The molecule has 0 aliphatic carbocycles. The van der Waals surface area contributed by atoms with Gasteiger partial charge < -0.3 is 4.57 Å². The zero-order valence-corrected chi connectivity index (χ0v) is 13.9. The van der Waals surface area contributed by atoms with Crippen molar-refractivity contribution in [3.05, 3.63) is 90.3 Å². The lowest BCUT2D eigenvalue weighted by atomic mass is 10.0. The van der Waals surface area contributed by atoms with Crippen LogP contribution < -0.4 is 0 Å². The summed E-state index contributed by atoms with van der Waals surface area (Å²) in [4.78, 5) is 0.339. The zero-order chi connectivity index (χ0) is 16.6. The molecule has 0 spiro atoms. The highest BCUT2D eigenvalue weighted by Crippen LogP contribution is 2.36. The first-order valence-electron chi connectivity index (χ1n) is 7.95. The molecule has 0 saturated carbocycles. The highest BCUT2D eigenvalue weighted by molar-refractivity contribution is 7.89. The van der Waals surface area contributed by atoms with Crippen molar-refractivity contribution >= 4 is 10.0 Å². The first kappa shape index (κ1) is 15.2. The van der Waals surface area contributed by atoms with Crippen molar-refractivity contribution in [3.63, 3.8) is 0 Å². The van der Waals surface area contributed by atoms with E-state index in [9.17, 15) is 8.42 Å². The third kappa shape index (κ3) is 2.46. The Bertz CT molecular complexity index is 934. The summed E-state index contributed by atoms with van der Waals surface area (Å²) >= 11 is 0. The zero-order valence-electron chi connectivity index (χ0n) is 13.1. The fraction of sp³-hybridized carbons (Fsp3) is 0.158. The van der Waals surface area contributed by atoms with Crippen molar-refractivity contribution < 1.29 is 8.42 Å². The average molecular weight is 338 g/mol. The smallest absolute Gasteiger partial charge is 0.244 e. The Morgan fingerprint density at radius 1 is 0.792 bits per heavy atom. The molecule has 0 saturated heterocycles. The summed E-state index contributed by atoms with van der Waals surface area (Å²) in [6, 6.07) is 22.2. The van der Waals surface area contributed by atoms with Crippen LogP contribution in [0.25, 0.3) is 0 Å². The fourth-order valence-corrected chi connectivity index (χ4v) is 4.92. The largest absolute Gasteiger partial charge is 0.348 e. The Balaban J connectivity index is 1.86. The molecule has 1 aromatic heterocycles. The lowest BCUT2D eigenvalue weighted by Crippen LogP contribution is -2.42. The number of hydrogen-bond donors (Lipinski definition) is 0. The van der Waals surface area contributed by atoms with Gasteiger partial charge in [-0.1, -0.05) is 48.5 Å². The van der Waals surface area contributed by atoms with Gasteiger partial charge in [-0.3, -0.25) is 0 Å². The van der Waals surface area contributed by atoms with Crippen molar-refractivity contribution in [1.82, 2.24) is 8.87 Å². The number of hydrogen-bond acceptors (Lipinski definition) is 2. The predicted molar refractivity (Wildman–Crippen MR) is 93.1 cm³/mol. The van der Waals surface area contributed by atoms with Gasteiger partial charge in [0.1, 0.15) is 0 Å². The monoisotopic (exact) mass is 338 g/mol. The number of aromatic nitrogens is 1. The van der Waals surface area contributed by atoms with E-state index in [0.29, 0.717) is 18.0 Å². The Kier molecular flexibility index (Phi) is 3.75. The Morgan fingerprint density at radius 2 is 1.46 bits per heavy atom. The van der Waals surface area contributed by atoms with Crippen molar-refractivity contribution in [2.75, 3.05) is 6.54 Å². The van der Waals surface area contributed by atoms with Crippen LogP contribution in [0.5, 0.6) is 0 Å². The summed E-state index contributed by atoms with van der Waals surface area (Å²) in [5, 5.41) is 0. The Hall–Kier alpha value is -2.37. The van der Waals surface area contributed by atoms with Crippen LogP contribution in [0.15, 0.2) is 83.9 Å². The predicted octanol–water partition coefficient (Wildman–Crippen LogP) is 3.28. The van der Waals surface area contributed by atoms with Gasteiger partial charge in [-0.2, -0.15) is 4.31 Å². The number of sulfonamides is 1. The molecule has 1 aliphatic rings. The summed E-state index contributed by atoms with van der Waals surface area (Å²) in [5.41, 5.74) is 1.99. The quantitative estimate of drug-likeness (QED) is 0.735. The van der Waals surface area contributed by atoms with E-state index >= 15 is 0 Å². The molecule has 0 bridgehead atoms. The van der Waals surface area contributed by atoms with Crippen LogP contribution in [0, 0.1) is 0 Å². The van der Waals surface area contributed by atoms with E-state index in [0.717, 1.165) is 11.3 Å². The minimum Gasteiger partial charge on any atom is -0.348 e. The van der Waals surface area contributed by atoms with Crippen molar-refractivity contribution in [1.29, 1.82) is 0 Å². The van der Waals surface area contributed by atoms with Gasteiger partial charge in [0, 0.05) is 25.0 Å². The lowest BCUT2D eigenvalue weighted by molar-refractivity contribution is 0.298. The molecule has 2 heterocycles. The van der Waals surface area contributed by atoms with Crippen LogP contribution in [0.4, 0.5) is 0 Å². The first-order chi connectivity index (χ1) is 11.7. The molecule has 0 N–H and O–H groups in total. The minimum absolute atomic E-state index is 0.305. The molecule has 0 radical (unpaired) electrons. The van der Waals surface area contributed by atoms with Gasteiger partial charge in [-0.15, -0.1) is 0 Å². The molecular formula is C19H18N2O2S. The van der Waals surface area contributed by atoms with Gasteiger partial charge in [0.25, 0.3) is 0 Å². The number of benzene rings is 2. The van der Waals surface area contributed by atoms with Gasteiger partial charge in [0.2, 0.25) is 10.0 Å². The van der Waals surface area contributed by atoms with Gasteiger partial charge in [0.05, 0.1) is 10.9 Å². The molecule has 24 heavy (non-hydrogen) atoms. The average Bonchev–Trinajstić information content (AvgIpc) is 3.11. The van der Waals surface area contributed by atoms with Crippen LogP contribution in [-0.4, -0.2) is 23.8 Å². The molecular weight excluding hydrogens is 320 g/mol. The molecule has 0 fully saturated rings. The maximum absolute atomic E-state index is 13.2. The highest BCUT2D eigenvalue weighted by atomic mass is 32.2. The Labute approximate surface area is 142 Å². The third-order valence-electron chi connectivity index (χ3n) is 4.46. The summed E-state index contributed by atoms with van der Waals surface area (Å²) in [7, 11) is -3.56. The summed E-state index contributed by atoms with van der Waals surface area (Å²) in [5.74, 6) is 0. The summed E-state index contributed by atoms with van der Waals surface area (Å²) in [6.45, 7) is 1.12. The van der Waals surface area contributed by atoms with Crippen LogP contribution in [0.2, 0.25) is 0 Å². The minimum atomic E-state index is -3.56. The second-order valence-corrected chi connectivity index (χ2v) is 7.76. The van der Waals surface area contributed by atoms with E-state index in [4.69, 9.17) is 0 Å². The van der Waals surface area contributed by atoms with Crippen LogP contribution in [0.1, 0.15) is 17.3 Å². The van der Waals surface area contributed by atoms with Crippen LogP contribution >= 0.6 is 0 Å². The lowest BCUT2D eigenvalue weighted by Gasteiger charge is -2.36. The maximum Gasteiger partial charge on any atom is 0.244 e. The molecule has 0 amide bonds. The summed E-state index contributed by atoms with van der Waals surface area (Å²) < 4.78 is 30.2. The topological polar surface area (TPSA) is 42.3 Å². The third-order valence-corrected chi connectivity index (χ3v) is 6.34. The first-order valence-corrected chi connectivity index (χ1v) is 9.39. The highest BCUT2D eigenvalue weighted by Gasteiger charge is 2.37. The van der Waals surface area contributed by atoms with Crippen molar-refractivity contribution in [2.45, 2.75) is 17.5 Å². The van der Waals surface area contributed by atoms with Crippen LogP contribution in [-0.2, 0) is 16.6 Å². The molecule has 1 aliphatic heterocycles. The molecule has 2 aromatic carbocycles. The van der Waals surface area contributed by atoms with Crippen molar-refractivity contribution in [2.24, 2.45) is 0 Å². The van der Waals surface area contributed by atoms with Crippen molar-refractivity contribution in [3.8, 4) is 0 Å². The molecule has 122 valence electrons. The SMILES string of the molecule is O=S(=O)(c1ccccc1)N1CCn2cccc2[C@H]1c1ccccc1. The fourth-order valence-electron chi connectivity index (χ4n) is 3.32. The number of rotatable bonds is 3. The standard InChI is InChI=1S/C19H18N2O2S/c22-24(23,17-10-5-2-6-11-17)21-15-14-20-13-7-12-18(20)19(21)16-8-3-1-4-9-16/h1-13,19H,14-15H2/t19-/m1/s1. The molecule has 5 heteroatoms. The number of fused-ring (bicyclic) bond motifs is 1. The second-order valence-electron chi connectivity index (χ2n) is 5.87. The van der Waals surface area contributed by atoms with Gasteiger partial charge in [-0.05, 0) is 29.8 Å². The normalized spacial score (nSPS) is 18.2. The molecule has 3 aromatic rings. The van der Waals surface area contributed by atoms with E-state index in [1.165, 1.54) is 0 Å².